The number of nitrogens with two attached hydrogens (primary N) is 1. The quantitative estimate of drug-likeness (QED) is 0.848. The van der Waals surface area contributed by atoms with Crippen molar-refractivity contribution in [2.24, 2.45) is 5.73 Å². The first-order chi connectivity index (χ1) is 8.97. The van der Waals surface area contributed by atoms with E-state index in [2.05, 4.69) is 15.3 Å². The van der Waals surface area contributed by atoms with Crippen LogP contribution in [0, 0.1) is 20.8 Å². The van der Waals surface area contributed by atoms with Crippen molar-refractivity contribution in [3.8, 4) is 0 Å². The maximum absolute atomic E-state index is 5.78. The molecule has 0 fully saturated rings. The highest BCUT2D eigenvalue weighted by molar-refractivity contribution is 7.80. The van der Waals surface area contributed by atoms with Crippen LogP contribution < -0.4 is 11.1 Å². The summed E-state index contributed by atoms with van der Waals surface area (Å²) in [6.45, 7) is 6.55. The van der Waals surface area contributed by atoms with Gasteiger partial charge < -0.3 is 11.1 Å². The lowest BCUT2D eigenvalue weighted by Crippen LogP contribution is -2.16. The first kappa shape index (κ1) is 13.9. The highest BCUT2D eigenvalue weighted by Gasteiger charge is 2.11. The fourth-order valence-electron chi connectivity index (χ4n) is 1.94. The third-order valence-corrected chi connectivity index (χ3v) is 3.72. The van der Waals surface area contributed by atoms with Crippen LogP contribution in [-0.4, -0.2) is 15.0 Å². The molecule has 2 rings (SSSR count). The summed E-state index contributed by atoms with van der Waals surface area (Å²) in [5.74, 6) is 0.732. The Morgan fingerprint density at radius 2 is 2.11 bits per heavy atom. The van der Waals surface area contributed by atoms with E-state index >= 15 is 0 Å². The predicted molar refractivity (Wildman–Crippen MR) is 83.8 cm³/mol. The van der Waals surface area contributed by atoms with E-state index < -0.39 is 0 Å². The Labute approximate surface area is 122 Å². The van der Waals surface area contributed by atoms with Gasteiger partial charge in [0.1, 0.15) is 10.8 Å². The summed E-state index contributed by atoms with van der Waals surface area (Å²) < 4.78 is 0. The van der Waals surface area contributed by atoms with Crippen molar-refractivity contribution in [2.75, 3.05) is 5.32 Å². The fraction of sp³-hybridized carbons (Fsp3) is 0.308. The van der Waals surface area contributed by atoms with Crippen LogP contribution in [0.2, 0.25) is 0 Å². The molecule has 0 saturated carbocycles. The third kappa shape index (κ3) is 3.27. The second-order valence-electron chi connectivity index (χ2n) is 4.38. The molecule has 2 aromatic rings. The Morgan fingerprint density at radius 3 is 2.68 bits per heavy atom. The van der Waals surface area contributed by atoms with Crippen LogP contribution in [0.5, 0.6) is 0 Å². The van der Waals surface area contributed by atoms with Crippen LogP contribution in [0.4, 0.5) is 5.82 Å². The largest absolute Gasteiger partial charge is 0.389 e. The van der Waals surface area contributed by atoms with Gasteiger partial charge in [0.2, 0.25) is 0 Å². The fourth-order valence-corrected chi connectivity index (χ4v) is 2.81. The molecule has 2 aromatic heterocycles. The highest BCUT2D eigenvalue weighted by atomic mass is 32.1. The van der Waals surface area contributed by atoms with Gasteiger partial charge in [-0.15, -0.1) is 11.3 Å². The summed E-state index contributed by atoms with van der Waals surface area (Å²) in [5, 5.41) is 6.36. The number of aryl methyl sites for hydroxylation is 3. The van der Waals surface area contributed by atoms with E-state index in [1.165, 1.54) is 0 Å². The van der Waals surface area contributed by atoms with Gasteiger partial charge in [0.25, 0.3) is 0 Å². The summed E-state index contributed by atoms with van der Waals surface area (Å²) >= 11 is 6.73. The molecule has 0 spiro atoms. The van der Waals surface area contributed by atoms with E-state index in [1.54, 1.807) is 11.3 Å². The average molecular weight is 292 g/mol. The topological polar surface area (TPSA) is 63.8 Å². The molecule has 0 aromatic carbocycles. The smallest absolute Gasteiger partial charge is 0.137 e. The number of anilines is 1. The molecular formula is C13H16N4S2. The van der Waals surface area contributed by atoms with Crippen molar-refractivity contribution in [2.45, 2.75) is 27.3 Å². The minimum atomic E-state index is 0.363. The van der Waals surface area contributed by atoms with Crippen molar-refractivity contribution in [1.82, 2.24) is 9.97 Å². The van der Waals surface area contributed by atoms with E-state index in [0.29, 0.717) is 11.5 Å². The molecule has 0 saturated heterocycles. The van der Waals surface area contributed by atoms with E-state index in [4.69, 9.17) is 18.0 Å². The SMILES string of the molecule is Cc1cc(C)c(C(N)=S)c(NCc2csc(C)n2)n1. The van der Waals surface area contributed by atoms with E-state index in [1.807, 2.05) is 32.2 Å². The molecule has 0 unspecified atom stereocenters. The molecule has 0 bridgehead atoms. The van der Waals surface area contributed by atoms with E-state index in [-0.39, 0.29) is 0 Å². The zero-order chi connectivity index (χ0) is 14.0. The minimum absolute atomic E-state index is 0.363. The highest BCUT2D eigenvalue weighted by Crippen LogP contribution is 2.19. The van der Waals surface area contributed by atoms with Gasteiger partial charge in [-0.1, -0.05) is 12.2 Å². The number of rotatable bonds is 4. The summed E-state index contributed by atoms with van der Waals surface area (Å²) in [7, 11) is 0. The summed E-state index contributed by atoms with van der Waals surface area (Å²) in [4.78, 5) is 9.25. The average Bonchev–Trinajstić information content (AvgIpc) is 2.71. The number of pyridine rings is 1. The normalized spacial score (nSPS) is 10.5. The van der Waals surface area contributed by atoms with Gasteiger partial charge in [-0.25, -0.2) is 9.97 Å². The molecular weight excluding hydrogens is 276 g/mol. The molecule has 3 N–H and O–H groups in total. The molecule has 0 aliphatic rings. The summed E-state index contributed by atoms with van der Waals surface area (Å²) in [6.07, 6.45) is 0. The van der Waals surface area contributed by atoms with Crippen molar-refractivity contribution in [3.05, 3.63) is 39.0 Å². The Hall–Kier alpha value is -1.53. The van der Waals surface area contributed by atoms with Crippen molar-refractivity contribution >= 4 is 34.4 Å². The van der Waals surface area contributed by atoms with Crippen LogP contribution in [0.1, 0.15) is 27.5 Å². The number of aromatic nitrogens is 2. The van der Waals surface area contributed by atoms with Crippen molar-refractivity contribution in [3.63, 3.8) is 0 Å². The number of nitrogens with one attached hydrogen (secondary N) is 1. The number of hydrogen-bond donors (Lipinski definition) is 2. The Morgan fingerprint density at radius 1 is 1.37 bits per heavy atom. The molecule has 19 heavy (non-hydrogen) atoms. The maximum Gasteiger partial charge on any atom is 0.137 e. The summed E-state index contributed by atoms with van der Waals surface area (Å²) in [5.41, 5.74) is 9.56. The second-order valence-corrected chi connectivity index (χ2v) is 5.88. The van der Waals surface area contributed by atoms with Crippen molar-refractivity contribution < 1.29 is 0 Å². The standard InChI is InChI=1S/C13H16N4S2/c1-7-4-8(2)16-13(11(7)12(14)18)15-5-10-6-19-9(3)17-10/h4,6H,5H2,1-3H3,(H2,14,18)(H,15,16). The number of hydrogen-bond acceptors (Lipinski definition) is 5. The molecule has 0 aliphatic carbocycles. The Balaban J connectivity index is 2.26. The lowest BCUT2D eigenvalue weighted by Gasteiger charge is -2.13. The van der Waals surface area contributed by atoms with Gasteiger partial charge in [-0.3, -0.25) is 0 Å². The van der Waals surface area contributed by atoms with Crippen LogP contribution in [-0.2, 0) is 6.54 Å². The molecule has 4 nitrogen and oxygen atoms in total. The van der Waals surface area contributed by atoms with Crippen LogP contribution in [0.25, 0.3) is 0 Å². The monoisotopic (exact) mass is 292 g/mol. The first-order valence-corrected chi connectivity index (χ1v) is 7.19. The second kappa shape index (κ2) is 5.63. The Bertz CT molecular complexity index is 619. The van der Waals surface area contributed by atoms with Crippen molar-refractivity contribution in [1.29, 1.82) is 0 Å². The van der Waals surface area contributed by atoms with Gasteiger partial charge in [0.15, 0.2) is 0 Å². The predicted octanol–water partition coefficient (Wildman–Crippen LogP) is 2.71. The van der Waals surface area contributed by atoms with Gasteiger partial charge in [-0.2, -0.15) is 0 Å². The van der Waals surface area contributed by atoms with Gasteiger partial charge in [0, 0.05) is 11.1 Å². The van der Waals surface area contributed by atoms with Gasteiger partial charge in [-0.05, 0) is 32.4 Å². The molecule has 0 radical (unpaired) electrons. The van der Waals surface area contributed by atoms with Gasteiger partial charge in [0.05, 0.1) is 22.8 Å². The summed E-state index contributed by atoms with van der Waals surface area (Å²) in [6, 6.07) is 1.98. The van der Waals surface area contributed by atoms with Crippen LogP contribution in [0.15, 0.2) is 11.4 Å². The molecule has 2 heterocycles. The van der Waals surface area contributed by atoms with Crippen LogP contribution in [0.3, 0.4) is 0 Å². The zero-order valence-corrected chi connectivity index (χ0v) is 12.8. The molecule has 0 amide bonds. The third-order valence-electron chi connectivity index (χ3n) is 2.69. The molecule has 0 atom stereocenters. The number of thiazole rings is 1. The lowest BCUT2D eigenvalue weighted by atomic mass is 10.1. The molecule has 100 valence electrons. The first-order valence-electron chi connectivity index (χ1n) is 5.90. The lowest BCUT2D eigenvalue weighted by molar-refractivity contribution is 1.02. The molecule has 0 aliphatic heterocycles. The minimum Gasteiger partial charge on any atom is -0.389 e. The maximum atomic E-state index is 5.78. The van der Waals surface area contributed by atoms with Crippen LogP contribution >= 0.6 is 23.6 Å². The number of nitrogens with zero attached hydrogens (tertiary/aromatic N) is 2. The van der Waals surface area contributed by atoms with Gasteiger partial charge >= 0.3 is 0 Å². The van der Waals surface area contributed by atoms with E-state index in [9.17, 15) is 0 Å². The zero-order valence-electron chi connectivity index (χ0n) is 11.2. The molecule has 6 heteroatoms. The van der Waals surface area contributed by atoms with E-state index in [0.717, 1.165) is 33.3 Å². The Kier molecular flexibility index (Phi) is 4.11. The number of thiocarbonyl (C=S) groups is 1.